The molecule has 2 heterocycles. The van der Waals surface area contributed by atoms with Crippen molar-refractivity contribution in [2.45, 2.75) is 25.7 Å². The van der Waals surface area contributed by atoms with Gasteiger partial charge in [0.1, 0.15) is 0 Å². The van der Waals surface area contributed by atoms with Crippen molar-refractivity contribution < 1.29 is 0 Å². The van der Waals surface area contributed by atoms with Gasteiger partial charge >= 0.3 is 0 Å². The van der Waals surface area contributed by atoms with Crippen LogP contribution in [0.3, 0.4) is 0 Å². The molecule has 2 aliphatic heterocycles. The van der Waals surface area contributed by atoms with Gasteiger partial charge in [-0.05, 0) is 125 Å². The lowest BCUT2D eigenvalue weighted by Gasteiger charge is -2.42. The van der Waals surface area contributed by atoms with E-state index in [9.17, 15) is 0 Å². The highest BCUT2D eigenvalue weighted by atomic mass is 15.2. The Morgan fingerprint density at radius 3 is 0.810 bits per heavy atom. The summed E-state index contributed by atoms with van der Waals surface area (Å²) in [7, 11) is 0. The molecule has 304 valence electrons. The van der Waals surface area contributed by atoms with Crippen molar-refractivity contribution in [1.82, 2.24) is 0 Å². The van der Waals surface area contributed by atoms with Gasteiger partial charge in [0, 0.05) is 52.7 Å². The van der Waals surface area contributed by atoms with Crippen LogP contribution in [0.5, 0.6) is 0 Å². The summed E-state index contributed by atoms with van der Waals surface area (Å²) in [6.07, 6.45) is 4.34. The van der Waals surface area contributed by atoms with Crippen molar-refractivity contribution in [2.24, 2.45) is 0 Å². The van der Waals surface area contributed by atoms with E-state index < -0.39 is 0 Å². The molecule has 0 N–H and O–H groups in total. The van der Waals surface area contributed by atoms with Gasteiger partial charge in [-0.15, -0.1) is 0 Å². The van der Waals surface area contributed by atoms with Crippen molar-refractivity contribution in [2.75, 3.05) is 27.8 Å². The van der Waals surface area contributed by atoms with E-state index in [1.165, 1.54) is 72.7 Å². The number of hydrogen-bond acceptors (Lipinski definition) is 3. The first-order valence-corrected chi connectivity index (χ1v) is 22.4. The van der Waals surface area contributed by atoms with Crippen LogP contribution in [0.4, 0.5) is 39.8 Å². The Bertz CT molecular complexity index is 2580. The summed E-state index contributed by atoms with van der Waals surface area (Å²) in [6, 6.07) is 82.0. The first-order chi connectivity index (χ1) is 31.2. The molecule has 11 rings (SSSR count). The predicted octanol–water partition coefficient (Wildman–Crippen LogP) is 16.0. The highest BCUT2D eigenvalue weighted by molar-refractivity contribution is 5.93. The second kappa shape index (κ2) is 17.0. The van der Waals surface area contributed by atoms with E-state index in [2.05, 4.69) is 239 Å². The molecule has 0 aliphatic carbocycles. The molecule has 63 heavy (non-hydrogen) atoms. The molecule has 3 heteroatoms. The SMILES string of the molecule is c1ccc(-c2ccc(N(c3ccc(-c4ccccc4)cc3)c3cc(N(c4ccc(-c5ccccc5)cc4)c4ccc(-c5ccccc5)cc4)c4c5c3CCCN5CCC4)cc2)cc1. The van der Waals surface area contributed by atoms with E-state index in [0.29, 0.717) is 0 Å². The summed E-state index contributed by atoms with van der Waals surface area (Å²) in [5, 5.41) is 0. The molecular weight excluding hydrogens is 763 g/mol. The van der Waals surface area contributed by atoms with Gasteiger partial charge in [-0.2, -0.15) is 0 Å². The van der Waals surface area contributed by atoms with Crippen LogP contribution in [0.2, 0.25) is 0 Å². The lowest BCUT2D eigenvalue weighted by molar-refractivity contribution is 0.634. The number of anilines is 7. The molecule has 0 radical (unpaired) electrons. The lowest BCUT2D eigenvalue weighted by Crippen LogP contribution is -2.36. The molecule has 9 aromatic rings. The minimum absolute atomic E-state index is 1.03. The third-order valence-corrected chi connectivity index (χ3v) is 12.9. The van der Waals surface area contributed by atoms with E-state index in [0.717, 1.165) is 61.5 Å². The van der Waals surface area contributed by atoms with E-state index in [1.54, 1.807) is 0 Å². The molecule has 0 amide bonds. The second-order valence-corrected chi connectivity index (χ2v) is 16.7. The van der Waals surface area contributed by atoms with Crippen LogP contribution in [0, 0.1) is 0 Å². The molecule has 0 fully saturated rings. The fourth-order valence-corrected chi connectivity index (χ4v) is 9.82. The molecule has 2 aliphatic rings. The summed E-state index contributed by atoms with van der Waals surface area (Å²) < 4.78 is 0. The minimum Gasteiger partial charge on any atom is -0.371 e. The third kappa shape index (κ3) is 7.57. The third-order valence-electron chi connectivity index (χ3n) is 12.9. The zero-order chi connectivity index (χ0) is 42.0. The summed E-state index contributed by atoms with van der Waals surface area (Å²) >= 11 is 0. The van der Waals surface area contributed by atoms with Crippen LogP contribution in [-0.2, 0) is 12.8 Å². The monoisotopic (exact) mass is 811 g/mol. The quantitative estimate of drug-likeness (QED) is 0.136. The molecule has 0 saturated carbocycles. The summed E-state index contributed by atoms with van der Waals surface area (Å²) in [5.74, 6) is 0. The number of benzene rings is 9. The van der Waals surface area contributed by atoms with Gasteiger partial charge in [-0.25, -0.2) is 0 Å². The van der Waals surface area contributed by atoms with Gasteiger partial charge in [0.2, 0.25) is 0 Å². The van der Waals surface area contributed by atoms with Crippen molar-refractivity contribution in [3.05, 3.63) is 236 Å². The Hall–Kier alpha value is -7.62. The van der Waals surface area contributed by atoms with E-state index in [-0.39, 0.29) is 0 Å². The average Bonchev–Trinajstić information content (AvgIpc) is 3.37. The first-order valence-electron chi connectivity index (χ1n) is 22.4. The largest absolute Gasteiger partial charge is 0.371 e. The number of nitrogens with zero attached hydrogens (tertiary/aromatic N) is 3. The highest BCUT2D eigenvalue weighted by Gasteiger charge is 2.33. The van der Waals surface area contributed by atoms with Crippen LogP contribution in [0.1, 0.15) is 24.0 Å². The Morgan fingerprint density at radius 1 is 0.286 bits per heavy atom. The van der Waals surface area contributed by atoms with Crippen molar-refractivity contribution in [1.29, 1.82) is 0 Å². The summed E-state index contributed by atoms with van der Waals surface area (Å²) in [5.41, 5.74) is 21.1. The molecule has 3 nitrogen and oxygen atoms in total. The van der Waals surface area contributed by atoms with E-state index in [4.69, 9.17) is 0 Å². The van der Waals surface area contributed by atoms with Crippen LogP contribution < -0.4 is 14.7 Å². The highest BCUT2D eigenvalue weighted by Crippen LogP contribution is 2.52. The van der Waals surface area contributed by atoms with Crippen molar-refractivity contribution in [3.8, 4) is 44.5 Å². The van der Waals surface area contributed by atoms with Crippen LogP contribution in [0.15, 0.2) is 224 Å². The topological polar surface area (TPSA) is 9.72 Å². The van der Waals surface area contributed by atoms with E-state index >= 15 is 0 Å². The van der Waals surface area contributed by atoms with Crippen LogP contribution >= 0.6 is 0 Å². The molecular formula is C60H49N3. The van der Waals surface area contributed by atoms with Crippen molar-refractivity contribution >= 4 is 39.8 Å². The zero-order valence-electron chi connectivity index (χ0n) is 35.4. The van der Waals surface area contributed by atoms with Gasteiger partial charge in [0.05, 0.1) is 11.4 Å². The molecule has 9 aromatic carbocycles. The Morgan fingerprint density at radius 2 is 0.540 bits per heavy atom. The fourth-order valence-electron chi connectivity index (χ4n) is 9.82. The minimum atomic E-state index is 1.03. The second-order valence-electron chi connectivity index (χ2n) is 16.7. The first kappa shape index (κ1) is 38.3. The Balaban J connectivity index is 1.12. The Kier molecular flexibility index (Phi) is 10.4. The predicted molar refractivity (Wildman–Crippen MR) is 266 cm³/mol. The Labute approximate surface area is 371 Å². The molecule has 0 atom stereocenters. The zero-order valence-corrected chi connectivity index (χ0v) is 35.4. The molecule has 0 unspecified atom stereocenters. The normalized spacial score (nSPS) is 13.0. The van der Waals surface area contributed by atoms with Gasteiger partial charge < -0.3 is 14.7 Å². The van der Waals surface area contributed by atoms with Gasteiger partial charge in [-0.1, -0.05) is 170 Å². The molecule has 0 bridgehead atoms. The van der Waals surface area contributed by atoms with Crippen LogP contribution in [0.25, 0.3) is 44.5 Å². The fraction of sp³-hybridized carbons (Fsp3) is 0.100. The molecule has 0 aromatic heterocycles. The maximum atomic E-state index is 2.69. The van der Waals surface area contributed by atoms with E-state index in [1.807, 2.05) is 0 Å². The smallest absolute Gasteiger partial charge is 0.0535 e. The molecule has 0 spiro atoms. The molecule has 0 saturated heterocycles. The average molecular weight is 812 g/mol. The number of rotatable bonds is 10. The van der Waals surface area contributed by atoms with Gasteiger partial charge in [0.15, 0.2) is 0 Å². The lowest BCUT2D eigenvalue weighted by atomic mass is 9.88. The number of hydrogen-bond donors (Lipinski definition) is 0. The summed E-state index contributed by atoms with van der Waals surface area (Å²) in [6.45, 7) is 2.16. The standard InChI is InChI=1S/C60H49N3/c1-5-15-44(16-6-1)48-25-33-52(34-26-48)62(53-35-27-49(28-36-53)45-17-7-2-8-18-45)58-43-59(57-24-14-42-61-41-13-23-56(58)60(57)61)63(54-37-29-50(30-38-54)46-19-9-3-10-20-46)55-39-31-51(32-40-55)47-21-11-4-12-22-47/h1-12,15-22,25-40,43H,13-14,23-24,41-42H2. The summed E-state index contributed by atoms with van der Waals surface area (Å²) in [4.78, 5) is 7.74. The van der Waals surface area contributed by atoms with Gasteiger partial charge in [-0.3, -0.25) is 0 Å². The van der Waals surface area contributed by atoms with Crippen LogP contribution in [-0.4, -0.2) is 13.1 Å². The van der Waals surface area contributed by atoms with Crippen molar-refractivity contribution in [3.63, 3.8) is 0 Å². The maximum Gasteiger partial charge on any atom is 0.0535 e. The maximum absolute atomic E-state index is 2.69. The van der Waals surface area contributed by atoms with Gasteiger partial charge in [0.25, 0.3) is 0 Å².